The number of hydrogen-bond donors (Lipinski definition) is 0. The van der Waals surface area contributed by atoms with Crippen molar-refractivity contribution in [2.24, 2.45) is 17.8 Å². The average molecular weight is 506 g/mol. The maximum Gasteiger partial charge on any atom is 0.319 e. The lowest BCUT2D eigenvalue weighted by atomic mass is 9.64. The van der Waals surface area contributed by atoms with Gasteiger partial charge in [-0.25, -0.2) is 4.90 Å². The Balaban J connectivity index is 1.45. The summed E-state index contributed by atoms with van der Waals surface area (Å²) in [5, 5.41) is 2.21. The largest absolute Gasteiger partial charge is 0.425 e. The third-order valence-corrected chi connectivity index (χ3v) is 7.97. The molecule has 1 fully saturated rings. The molecule has 7 rings (SSSR count). The van der Waals surface area contributed by atoms with Crippen molar-refractivity contribution in [2.45, 2.75) is 5.92 Å². The lowest BCUT2D eigenvalue weighted by molar-refractivity contribution is -0.142. The van der Waals surface area contributed by atoms with Crippen LogP contribution in [-0.2, 0) is 14.4 Å². The van der Waals surface area contributed by atoms with Crippen molar-refractivity contribution in [3.05, 3.63) is 113 Å². The molecular weight excluding hydrogens is 486 g/mol. The molecular formula is C31H20ClNO4. The maximum atomic E-state index is 14.0. The minimum atomic E-state index is -0.885. The van der Waals surface area contributed by atoms with Crippen LogP contribution in [0.5, 0.6) is 5.75 Å². The van der Waals surface area contributed by atoms with Crippen LogP contribution < -0.4 is 9.64 Å². The van der Waals surface area contributed by atoms with Crippen LogP contribution in [0.2, 0.25) is 5.02 Å². The molecule has 0 saturated carbocycles. The lowest BCUT2D eigenvalue weighted by Crippen LogP contribution is -2.42. The Morgan fingerprint density at radius 1 is 0.757 bits per heavy atom. The molecule has 4 aromatic carbocycles. The first kappa shape index (κ1) is 22.0. The van der Waals surface area contributed by atoms with Gasteiger partial charge in [-0.3, -0.25) is 14.4 Å². The Morgan fingerprint density at radius 3 is 2.32 bits per heavy atom. The summed E-state index contributed by atoms with van der Waals surface area (Å²) in [6.45, 7) is 0. The Kier molecular flexibility index (Phi) is 4.85. The number of ether oxygens (including phenoxy) is 1. The summed E-state index contributed by atoms with van der Waals surface area (Å²) in [4.78, 5) is 42.7. The summed E-state index contributed by atoms with van der Waals surface area (Å²) in [5.74, 6) is -3.64. The van der Waals surface area contributed by atoms with E-state index in [1.54, 1.807) is 24.3 Å². The van der Waals surface area contributed by atoms with Gasteiger partial charge in [0.2, 0.25) is 11.8 Å². The van der Waals surface area contributed by atoms with Crippen LogP contribution in [0, 0.1) is 17.8 Å². The van der Waals surface area contributed by atoms with E-state index in [-0.39, 0.29) is 11.8 Å². The highest BCUT2D eigenvalue weighted by atomic mass is 35.5. The number of fused-ring (bicyclic) bond motifs is 7. The average Bonchev–Trinajstić information content (AvgIpc) is 3.18. The van der Waals surface area contributed by atoms with Crippen LogP contribution >= 0.6 is 11.6 Å². The Bertz CT molecular complexity index is 1660. The van der Waals surface area contributed by atoms with E-state index in [0.29, 0.717) is 16.5 Å². The van der Waals surface area contributed by atoms with Gasteiger partial charge in [0, 0.05) is 21.9 Å². The van der Waals surface area contributed by atoms with Crippen molar-refractivity contribution in [1.82, 2.24) is 0 Å². The van der Waals surface area contributed by atoms with Crippen molar-refractivity contribution in [3.63, 3.8) is 0 Å². The number of amides is 2. The molecule has 1 aliphatic carbocycles. The van der Waals surface area contributed by atoms with Crippen LogP contribution in [0.25, 0.3) is 16.3 Å². The van der Waals surface area contributed by atoms with Gasteiger partial charge in [0.1, 0.15) is 5.75 Å². The molecule has 4 atom stereocenters. The molecule has 6 heteroatoms. The van der Waals surface area contributed by atoms with E-state index in [1.807, 2.05) is 72.8 Å². The van der Waals surface area contributed by atoms with Crippen LogP contribution in [0.15, 0.2) is 97.1 Å². The van der Waals surface area contributed by atoms with Crippen LogP contribution in [-0.4, -0.2) is 17.8 Å². The summed E-state index contributed by atoms with van der Waals surface area (Å²) in [6.07, 6.45) is 2.00. The molecule has 0 spiro atoms. The van der Waals surface area contributed by atoms with Gasteiger partial charge in [0.05, 0.1) is 23.4 Å². The first-order valence-corrected chi connectivity index (χ1v) is 12.5. The molecule has 180 valence electrons. The first-order chi connectivity index (χ1) is 18.0. The molecule has 2 amide bonds. The number of carbonyl (C=O) groups excluding carboxylic acids is 3. The van der Waals surface area contributed by atoms with E-state index in [1.165, 1.54) is 4.90 Å². The standard InChI is InChI=1S/C31H20ClNO4/c32-19-10-6-11-20(15-19)33-29(34)25-23(17-7-2-1-3-8-17)16-24-22-14-13-18-9-4-5-12-21(18)28(22)37-31(36)26(24)27(25)30(33)35/h1-16,23,25-27H/t23-,25+,26-,27+/m1/s1. The molecule has 0 N–H and O–H groups in total. The zero-order chi connectivity index (χ0) is 25.3. The second kappa shape index (κ2) is 8.15. The number of halogens is 1. The number of rotatable bonds is 2. The van der Waals surface area contributed by atoms with Gasteiger partial charge >= 0.3 is 5.97 Å². The smallest absolute Gasteiger partial charge is 0.319 e. The van der Waals surface area contributed by atoms with Gasteiger partial charge in [-0.1, -0.05) is 90.5 Å². The second-order valence-corrected chi connectivity index (χ2v) is 10.1. The number of anilines is 1. The Hall–Kier alpha value is -4.22. The molecule has 2 heterocycles. The molecule has 37 heavy (non-hydrogen) atoms. The third-order valence-electron chi connectivity index (χ3n) is 7.74. The fourth-order valence-electron chi connectivity index (χ4n) is 6.16. The zero-order valence-corrected chi connectivity index (χ0v) is 20.3. The summed E-state index contributed by atoms with van der Waals surface area (Å²) in [5.41, 5.74) is 2.84. The summed E-state index contributed by atoms with van der Waals surface area (Å²) < 4.78 is 5.92. The van der Waals surface area contributed by atoms with E-state index in [0.717, 1.165) is 27.5 Å². The van der Waals surface area contributed by atoms with Gasteiger partial charge in [-0.15, -0.1) is 0 Å². The van der Waals surface area contributed by atoms with E-state index in [2.05, 4.69) is 0 Å². The van der Waals surface area contributed by atoms with E-state index >= 15 is 0 Å². The number of benzene rings is 4. The minimum Gasteiger partial charge on any atom is -0.425 e. The normalized spacial score (nSPS) is 24.3. The molecule has 0 aromatic heterocycles. The maximum absolute atomic E-state index is 14.0. The molecule has 0 radical (unpaired) electrons. The fraction of sp³-hybridized carbons (Fsp3) is 0.129. The second-order valence-electron chi connectivity index (χ2n) is 9.66. The molecule has 2 aliphatic heterocycles. The highest BCUT2D eigenvalue weighted by Gasteiger charge is 2.60. The van der Waals surface area contributed by atoms with Gasteiger partial charge in [0.25, 0.3) is 0 Å². The summed E-state index contributed by atoms with van der Waals surface area (Å²) in [6, 6.07) is 28.0. The number of carbonyl (C=O) groups is 3. The van der Waals surface area contributed by atoms with Crippen LogP contribution in [0.1, 0.15) is 17.0 Å². The lowest BCUT2D eigenvalue weighted by Gasteiger charge is -2.38. The quantitative estimate of drug-likeness (QED) is 0.190. The highest BCUT2D eigenvalue weighted by molar-refractivity contribution is 6.31. The van der Waals surface area contributed by atoms with Crippen molar-refractivity contribution in [3.8, 4) is 5.75 Å². The number of esters is 1. The van der Waals surface area contributed by atoms with E-state index in [4.69, 9.17) is 16.3 Å². The Morgan fingerprint density at radius 2 is 1.51 bits per heavy atom. The fourth-order valence-corrected chi connectivity index (χ4v) is 6.34. The number of imide groups is 1. The topological polar surface area (TPSA) is 63.7 Å². The predicted octanol–water partition coefficient (Wildman–Crippen LogP) is 6.02. The predicted molar refractivity (Wildman–Crippen MR) is 141 cm³/mol. The molecule has 0 bridgehead atoms. The Labute approximate surface area is 217 Å². The number of nitrogens with zero attached hydrogens (tertiary/aromatic N) is 1. The van der Waals surface area contributed by atoms with E-state index in [9.17, 15) is 14.4 Å². The van der Waals surface area contributed by atoms with Crippen molar-refractivity contribution < 1.29 is 19.1 Å². The van der Waals surface area contributed by atoms with Crippen molar-refractivity contribution in [1.29, 1.82) is 0 Å². The van der Waals surface area contributed by atoms with Crippen LogP contribution in [0.3, 0.4) is 0 Å². The van der Waals surface area contributed by atoms with Crippen molar-refractivity contribution >= 4 is 51.4 Å². The van der Waals surface area contributed by atoms with E-state index < -0.39 is 29.6 Å². The monoisotopic (exact) mass is 505 g/mol. The highest BCUT2D eigenvalue weighted by Crippen LogP contribution is 2.55. The molecule has 3 aliphatic rings. The SMILES string of the molecule is O=C1Oc2c(ccc3ccccc23)C2=C[C@H](c3ccccc3)[C@@H]3C(=O)N(c4cccc(Cl)c4)C(=O)[C@@H]3[C@H]12. The molecule has 0 unspecified atom stereocenters. The summed E-state index contributed by atoms with van der Waals surface area (Å²) in [7, 11) is 0. The zero-order valence-electron chi connectivity index (χ0n) is 19.5. The minimum absolute atomic E-state index is 0.335. The summed E-state index contributed by atoms with van der Waals surface area (Å²) >= 11 is 6.20. The number of hydrogen-bond acceptors (Lipinski definition) is 4. The van der Waals surface area contributed by atoms with Crippen molar-refractivity contribution in [2.75, 3.05) is 4.90 Å². The van der Waals surface area contributed by atoms with Gasteiger partial charge in [-0.2, -0.15) is 0 Å². The number of allylic oxidation sites excluding steroid dienone is 1. The third kappa shape index (κ3) is 3.20. The molecule has 4 aromatic rings. The van der Waals surface area contributed by atoms with Gasteiger partial charge in [-0.05, 0) is 34.7 Å². The van der Waals surface area contributed by atoms with Gasteiger partial charge in [0.15, 0.2) is 0 Å². The van der Waals surface area contributed by atoms with Crippen LogP contribution in [0.4, 0.5) is 5.69 Å². The van der Waals surface area contributed by atoms with Gasteiger partial charge < -0.3 is 4.74 Å². The molecule has 5 nitrogen and oxygen atoms in total. The first-order valence-electron chi connectivity index (χ1n) is 12.2. The molecule has 1 saturated heterocycles.